The Morgan fingerprint density at radius 1 is 1.56 bits per heavy atom. The van der Waals surface area contributed by atoms with Gasteiger partial charge in [-0.2, -0.15) is 0 Å². The molecule has 0 atom stereocenters. The molecule has 0 fully saturated rings. The second kappa shape index (κ2) is 4.38. The molecule has 2 rings (SSSR count). The molecule has 0 bridgehead atoms. The highest BCUT2D eigenvalue weighted by molar-refractivity contribution is 5.96. The van der Waals surface area contributed by atoms with Crippen molar-refractivity contribution in [2.75, 3.05) is 6.54 Å². The molecule has 2 heterocycles. The van der Waals surface area contributed by atoms with E-state index in [1.54, 1.807) is 13.0 Å². The van der Waals surface area contributed by atoms with Gasteiger partial charge < -0.3 is 15.6 Å². The third-order valence-corrected chi connectivity index (χ3v) is 2.48. The van der Waals surface area contributed by atoms with Gasteiger partial charge in [0, 0.05) is 18.3 Å². The minimum Gasteiger partial charge on any atom is -0.350 e. The standard InChI is InChI=1S/C12H16N4O2/c1-7-9-4-8(5-14-11(9)18-16-7)10(17)15-6-12(2,3)13/h4-5H,6,13H2,1-3H3,(H,15,17). The zero-order valence-corrected chi connectivity index (χ0v) is 10.7. The fraction of sp³-hybridized carbons (Fsp3) is 0.417. The number of nitrogens with one attached hydrogen (secondary N) is 1. The summed E-state index contributed by atoms with van der Waals surface area (Å²) in [5, 5.41) is 7.30. The summed E-state index contributed by atoms with van der Waals surface area (Å²) in [6, 6.07) is 1.72. The number of carbonyl (C=O) groups is 1. The molecular formula is C12H16N4O2. The first-order valence-corrected chi connectivity index (χ1v) is 5.66. The largest absolute Gasteiger partial charge is 0.350 e. The van der Waals surface area contributed by atoms with Crippen molar-refractivity contribution in [3.05, 3.63) is 23.5 Å². The molecule has 1 amide bonds. The van der Waals surface area contributed by atoms with E-state index in [9.17, 15) is 4.79 Å². The molecule has 2 aromatic heterocycles. The van der Waals surface area contributed by atoms with Crippen LogP contribution in [0.3, 0.4) is 0 Å². The molecule has 6 nitrogen and oxygen atoms in total. The quantitative estimate of drug-likeness (QED) is 0.845. The second-order valence-corrected chi connectivity index (χ2v) is 5.02. The van der Waals surface area contributed by atoms with E-state index < -0.39 is 5.54 Å². The summed E-state index contributed by atoms with van der Waals surface area (Å²) in [7, 11) is 0. The Morgan fingerprint density at radius 2 is 2.28 bits per heavy atom. The van der Waals surface area contributed by atoms with Gasteiger partial charge in [-0.05, 0) is 26.8 Å². The Morgan fingerprint density at radius 3 is 2.94 bits per heavy atom. The molecule has 0 radical (unpaired) electrons. The Hall–Kier alpha value is -1.95. The molecule has 0 aromatic carbocycles. The van der Waals surface area contributed by atoms with Gasteiger partial charge in [0.25, 0.3) is 11.6 Å². The lowest BCUT2D eigenvalue weighted by molar-refractivity contribution is 0.0946. The summed E-state index contributed by atoms with van der Waals surface area (Å²) < 4.78 is 4.98. The molecule has 2 aromatic rings. The number of aromatic nitrogens is 2. The van der Waals surface area contributed by atoms with Crippen molar-refractivity contribution >= 4 is 17.0 Å². The van der Waals surface area contributed by atoms with Crippen LogP contribution >= 0.6 is 0 Å². The fourth-order valence-electron chi connectivity index (χ4n) is 1.48. The lowest BCUT2D eigenvalue weighted by Gasteiger charge is -2.18. The minimum absolute atomic E-state index is 0.205. The Labute approximate surface area is 105 Å². The number of hydrogen-bond acceptors (Lipinski definition) is 5. The van der Waals surface area contributed by atoms with Crippen LogP contribution in [0.15, 0.2) is 16.8 Å². The van der Waals surface area contributed by atoms with Crippen molar-refractivity contribution < 1.29 is 9.32 Å². The van der Waals surface area contributed by atoms with E-state index in [4.69, 9.17) is 10.3 Å². The number of carbonyl (C=O) groups excluding carboxylic acids is 1. The molecule has 0 saturated carbocycles. The zero-order valence-electron chi connectivity index (χ0n) is 10.7. The summed E-state index contributed by atoms with van der Waals surface area (Å²) >= 11 is 0. The average molecular weight is 248 g/mol. The average Bonchev–Trinajstić information content (AvgIpc) is 2.67. The summed E-state index contributed by atoms with van der Waals surface area (Å²) in [6.07, 6.45) is 1.46. The summed E-state index contributed by atoms with van der Waals surface area (Å²) in [5.41, 5.74) is 6.98. The molecule has 18 heavy (non-hydrogen) atoms. The first kappa shape index (κ1) is 12.5. The number of nitrogens with two attached hydrogens (primary N) is 1. The predicted molar refractivity (Wildman–Crippen MR) is 67.1 cm³/mol. The van der Waals surface area contributed by atoms with E-state index in [2.05, 4.69) is 15.5 Å². The van der Waals surface area contributed by atoms with Crippen LogP contribution in [0.1, 0.15) is 29.9 Å². The number of hydrogen-bond donors (Lipinski definition) is 2. The van der Waals surface area contributed by atoms with Gasteiger partial charge >= 0.3 is 0 Å². The summed E-state index contributed by atoms with van der Waals surface area (Å²) in [4.78, 5) is 16.0. The maximum Gasteiger partial charge on any atom is 0.257 e. The predicted octanol–water partition coefficient (Wildman–Crippen LogP) is 0.998. The molecule has 0 saturated heterocycles. The van der Waals surface area contributed by atoms with Gasteiger partial charge in [-0.25, -0.2) is 4.98 Å². The topological polar surface area (TPSA) is 94.0 Å². The van der Waals surface area contributed by atoms with Gasteiger partial charge in [0.05, 0.1) is 16.6 Å². The highest BCUT2D eigenvalue weighted by atomic mass is 16.5. The molecule has 0 unspecified atom stereocenters. The summed E-state index contributed by atoms with van der Waals surface area (Å²) in [5.74, 6) is -0.205. The van der Waals surface area contributed by atoms with Gasteiger partial charge in [0.15, 0.2) is 0 Å². The van der Waals surface area contributed by atoms with Gasteiger partial charge in [-0.15, -0.1) is 0 Å². The van der Waals surface area contributed by atoms with Gasteiger partial charge in [-0.1, -0.05) is 5.16 Å². The van der Waals surface area contributed by atoms with E-state index in [0.717, 1.165) is 5.39 Å². The first-order valence-electron chi connectivity index (χ1n) is 5.66. The number of pyridine rings is 1. The van der Waals surface area contributed by atoms with Crippen LogP contribution in [-0.4, -0.2) is 28.1 Å². The lowest BCUT2D eigenvalue weighted by Crippen LogP contribution is -2.45. The van der Waals surface area contributed by atoms with Crippen LogP contribution in [0, 0.1) is 6.92 Å². The Balaban J connectivity index is 2.20. The van der Waals surface area contributed by atoms with Crippen molar-refractivity contribution in [2.24, 2.45) is 5.73 Å². The Bertz CT molecular complexity index is 583. The van der Waals surface area contributed by atoms with E-state index in [1.807, 2.05) is 13.8 Å². The van der Waals surface area contributed by atoms with Gasteiger partial charge in [0.1, 0.15) is 0 Å². The van der Waals surface area contributed by atoms with Crippen molar-refractivity contribution in [2.45, 2.75) is 26.3 Å². The van der Waals surface area contributed by atoms with Crippen LogP contribution in [0.5, 0.6) is 0 Å². The molecule has 96 valence electrons. The van der Waals surface area contributed by atoms with Crippen molar-refractivity contribution in [1.82, 2.24) is 15.5 Å². The maximum absolute atomic E-state index is 11.9. The molecular weight excluding hydrogens is 232 g/mol. The lowest BCUT2D eigenvalue weighted by atomic mass is 10.1. The summed E-state index contributed by atoms with van der Waals surface area (Å²) in [6.45, 7) is 5.89. The first-order chi connectivity index (χ1) is 8.37. The molecule has 0 aliphatic carbocycles. The third-order valence-electron chi connectivity index (χ3n) is 2.48. The number of rotatable bonds is 3. The van der Waals surface area contributed by atoms with Crippen molar-refractivity contribution in [1.29, 1.82) is 0 Å². The van der Waals surface area contributed by atoms with Crippen molar-refractivity contribution in [3.63, 3.8) is 0 Å². The van der Waals surface area contributed by atoms with Crippen LogP contribution in [-0.2, 0) is 0 Å². The second-order valence-electron chi connectivity index (χ2n) is 5.02. The minimum atomic E-state index is -0.444. The molecule has 6 heteroatoms. The van der Waals surface area contributed by atoms with Crippen LogP contribution < -0.4 is 11.1 Å². The number of fused-ring (bicyclic) bond motifs is 1. The normalized spacial score (nSPS) is 11.8. The monoisotopic (exact) mass is 248 g/mol. The van der Waals surface area contributed by atoms with E-state index in [0.29, 0.717) is 23.5 Å². The number of amides is 1. The highest BCUT2D eigenvalue weighted by Gasteiger charge is 2.15. The van der Waals surface area contributed by atoms with Crippen LogP contribution in [0.4, 0.5) is 0 Å². The van der Waals surface area contributed by atoms with E-state index in [1.165, 1.54) is 6.20 Å². The van der Waals surface area contributed by atoms with Crippen LogP contribution in [0.25, 0.3) is 11.1 Å². The van der Waals surface area contributed by atoms with E-state index >= 15 is 0 Å². The maximum atomic E-state index is 11.9. The van der Waals surface area contributed by atoms with Crippen LogP contribution in [0.2, 0.25) is 0 Å². The Kier molecular flexibility index (Phi) is 3.04. The van der Waals surface area contributed by atoms with Crippen molar-refractivity contribution in [3.8, 4) is 0 Å². The molecule has 0 aliphatic heterocycles. The highest BCUT2D eigenvalue weighted by Crippen LogP contribution is 2.16. The zero-order chi connectivity index (χ0) is 13.3. The third kappa shape index (κ3) is 2.65. The number of nitrogens with zero attached hydrogens (tertiary/aromatic N) is 2. The molecule has 0 aliphatic rings. The smallest absolute Gasteiger partial charge is 0.257 e. The number of aryl methyl sites for hydroxylation is 1. The molecule has 3 N–H and O–H groups in total. The van der Waals surface area contributed by atoms with Gasteiger partial charge in [-0.3, -0.25) is 4.79 Å². The SMILES string of the molecule is Cc1noc2ncc(C(=O)NCC(C)(C)N)cc12. The molecule has 0 spiro atoms. The van der Waals surface area contributed by atoms with E-state index in [-0.39, 0.29) is 5.91 Å². The van der Waals surface area contributed by atoms with Gasteiger partial charge in [0.2, 0.25) is 0 Å². The fourth-order valence-corrected chi connectivity index (χ4v) is 1.48.